The molecule has 11 rings (SSSR count). The van der Waals surface area contributed by atoms with Crippen molar-refractivity contribution in [3.8, 4) is 44.5 Å². The molecule has 1 aliphatic rings. The standard InChI is InChI=1S/C58H41N/c1-58(45-20-3-2-4-21-45)53-28-11-9-25-52(53)57-54(58)29-15-31-56(57)59(46-38-36-43(37-39-46)50-27-14-19-41-17-6-8-23-48(41)50)55-30-12-10-24-51(55)44-34-32-42(33-35-44)49-26-13-18-40-16-5-7-22-47(40)49/h2-39H,1H3. The topological polar surface area (TPSA) is 3.24 Å². The molecule has 278 valence electrons. The van der Waals surface area contributed by atoms with Crippen molar-refractivity contribution in [2.24, 2.45) is 0 Å². The molecule has 59 heavy (non-hydrogen) atoms. The summed E-state index contributed by atoms with van der Waals surface area (Å²) >= 11 is 0. The summed E-state index contributed by atoms with van der Waals surface area (Å²) < 4.78 is 0. The lowest BCUT2D eigenvalue weighted by atomic mass is 9.74. The van der Waals surface area contributed by atoms with E-state index in [9.17, 15) is 0 Å². The van der Waals surface area contributed by atoms with Gasteiger partial charge in [0.25, 0.3) is 0 Å². The van der Waals surface area contributed by atoms with Crippen LogP contribution in [0.2, 0.25) is 0 Å². The molecule has 0 saturated heterocycles. The lowest BCUT2D eigenvalue weighted by Crippen LogP contribution is -2.22. The van der Waals surface area contributed by atoms with Gasteiger partial charge < -0.3 is 4.90 Å². The van der Waals surface area contributed by atoms with E-state index >= 15 is 0 Å². The van der Waals surface area contributed by atoms with Crippen molar-refractivity contribution in [2.75, 3.05) is 4.90 Å². The highest BCUT2D eigenvalue weighted by Crippen LogP contribution is 2.57. The largest absolute Gasteiger partial charge is 0.309 e. The molecule has 0 amide bonds. The quantitative estimate of drug-likeness (QED) is 0.157. The Bertz CT molecular complexity index is 3150. The highest BCUT2D eigenvalue weighted by molar-refractivity contribution is 6.01. The SMILES string of the molecule is CC1(c2ccccc2)c2ccccc2-c2c(N(c3ccc(-c4cccc5ccccc45)cc3)c3ccccc3-c3ccc(-c4cccc5ccccc45)cc3)cccc21. The molecule has 0 radical (unpaired) electrons. The minimum atomic E-state index is -0.315. The molecule has 0 aliphatic heterocycles. The van der Waals surface area contributed by atoms with E-state index in [2.05, 4.69) is 242 Å². The van der Waals surface area contributed by atoms with Gasteiger partial charge in [0.05, 0.1) is 11.4 Å². The lowest BCUT2D eigenvalue weighted by Gasteiger charge is -2.31. The summed E-state index contributed by atoms with van der Waals surface area (Å²) in [6.07, 6.45) is 0. The molecule has 0 saturated carbocycles. The third kappa shape index (κ3) is 5.69. The van der Waals surface area contributed by atoms with E-state index in [1.165, 1.54) is 82.7 Å². The zero-order valence-electron chi connectivity index (χ0n) is 32.9. The van der Waals surface area contributed by atoms with Crippen LogP contribution in [0.5, 0.6) is 0 Å². The van der Waals surface area contributed by atoms with E-state index in [-0.39, 0.29) is 5.41 Å². The average molecular weight is 752 g/mol. The maximum Gasteiger partial charge on any atom is 0.0543 e. The number of benzene rings is 10. The molecule has 10 aromatic rings. The first-order valence-electron chi connectivity index (χ1n) is 20.5. The molecule has 10 aromatic carbocycles. The van der Waals surface area contributed by atoms with Crippen LogP contribution in [0.25, 0.3) is 66.1 Å². The van der Waals surface area contributed by atoms with Gasteiger partial charge in [-0.05, 0) is 103 Å². The van der Waals surface area contributed by atoms with Gasteiger partial charge in [-0.3, -0.25) is 0 Å². The van der Waals surface area contributed by atoms with Crippen LogP contribution in [0.4, 0.5) is 17.1 Å². The number of fused-ring (bicyclic) bond motifs is 5. The second-order valence-electron chi connectivity index (χ2n) is 15.8. The molecule has 0 spiro atoms. The average Bonchev–Trinajstić information content (AvgIpc) is 3.58. The number of nitrogens with zero attached hydrogens (tertiary/aromatic N) is 1. The van der Waals surface area contributed by atoms with Crippen LogP contribution in [0.1, 0.15) is 23.6 Å². The Morgan fingerprint density at radius 2 is 0.763 bits per heavy atom. The Morgan fingerprint density at radius 3 is 1.42 bits per heavy atom. The van der Waals surface area contributed by atoms with Crippen molar-refractivity contribution in [1.29, 1.82) is 0 Å². The van der Waals surface area contributed by atoms with Crippen molar-refractivity contribution < 1.29 is 0 Å². The molecule has 1 nitrogen and oxygen atoms in total. The number of para-hydroxylation sites is 1. The summed E-state index contributed by atoms with van der Waals surface area (Å²) in [5.41, 5.74) is 16.8. The molecule has 1 atom stereocenters. The molecule has 0 heterocycles. The van der Waals surface area contributed by atoms with Crippen LogP contribution < -0.4 is 4.90 Å². The van der Waals surface area contributed by atoms with Gasteiger partial charge in [-0.25, -0.2) is 0 Å². The summed E-state index contributed by atoms with van der Waals surface area (Å²) in [4.78, 5) is 2.49. The van der Waals surface area contributed by atoms with E-state index in [4.69, 9.17) is 0 Å². The van der Waals surface area contributed by atoms with Crippen LogP contribution >= 0.6 is 0 Å². The maximum atomic E-state index is 2.49. The molecular formula is C58H41N. The summed E-state index contributed by atoms with van der Waals surface area (Å²) in [5, 5.41) is 5.02. The van der Waals surface area contributed by atoms with Crippen LogP contribution in [-0.4, -0.2) is 0 Å². The number of hydrogen-bond donors (Lipinski definition) is 0. The minimum Gasteiger partial charge on any atom is -0.309 e. The Morgan fingerprint density at radius 1 is 0.322 bits per heavy atom. The van der Waals surface area contributed by atoms with Crippen molar-refractivity contribution in [2.45, 2.75) is 12.3 Å². The predicted molar refractivity (Wildman–Crippen MR) is 250 cm³/mol. The molecule has 0 N–H and O–H groups in total. The van der Waals surface area contributed by atoms with Crippen LogP contribution in [0.15, 0.2) is 231 Å². The first-order chi connectivity index (χ1) is 29.2. The fourth-order valence-corrected chi connectivity index (χ4v) is 9.69. The second-order valence-corrected chi connectivity index (χ2v) is 15.8. The van der Waals surface area contributed by atoms with Gasteiger partial charge in [0.15, 0.2) is 0 Å². The molecular weight excluding hydrogens is 711 g/mol. The highest BCUT2D eigenvalue weighted by Gasteiger charge is 2.42. The number of anilines is 3. The fourth-order valence-electron chi connectivity index (χ4n) is 9.69. The first-order valence-corrected chi connectivity index (χ1v) is 20.5. The smallest absolute Gasteiger partial charge is 0.0543 e. The summed E-state index contributed by atoms with van der Waals surface area (Å²) in [5.74, 6) is 0. The summed E-state index contributed by atoms with van der Waals surface area (Å²) in [6.45, 7) is 2.39. The fraction of sp³-hybridized carbons (Fsp3) is 0.0345. The third-order valence-electron chi connectivity index (χ3n) is 12.6. The van der Waals surface area contributed by atoms with Crippen LogP contribution in [-0.2, 0) is 5.41 Å². The summed E-state index contributed by atoms with van der Waals surface area (Å²) in [6, 6.07) is 84.5. The van der Waals surface area contributed by atoms with Gasteiger partial charge in [-0.15, -0.1) is 0 Å². The molecule has 0 bridgehead atoms. The van der Waals surface area contributed by atoms with Gasteiger partial charge >= 0.3 is 0 Å². The van der Waals surface area contributed by atoms with E-state index in [1.54, 1.807) is 0 Å². The van der Waals surface area contributed by atoms with Crippen molar-refractivity contribution in [1.82, 2.24) is 0 Å². The first kappa shape index (κ1) is 34.7. The second kappa shape index (κ2) is 14.2. The predicted octanol–water partition coefficient (Wildman–Crippen LogP) is 15.8. The van der Waals surface area contributed by atoms with Gasteiger partial charge in [-0.1, -0.05) is 206 Å². The Balaban J connectivity index is 1.11. The minimum absolute atomic E-state index is 0.315. The zero-order valence-corrected chi connectivity index (χ0v) is 32.9. The van der Waals surface area contributed by atoms with Gasteiger partial charge in [0.2, 0.25) is 0 Å². The van der Waals surface area contributed by atoms with Crippen molar-refractivity contribution >= 4 is 38.6 Å². The van der Waals surface area contributed by atoms with Crippen LogP contribution in [0.3, 0.4) is 0 Å². The van der Waals surface area contributed by atoms with Gasteiger partial charge in [0, 0.05) is 22.2 Å². The molecule has 0 aromatic heterocycles. The Labute approximate surface area is 346 Å². The number of hydrogen-bond acceptors (Lipinski definition) is 1. The van der Waals surface area contributed by atoms with Crippen molar-refractivity contribution in [3.63, 3.8) is 0 Å². The monoisotopic (exact) mass is 751 g/mol. The van der Waals surface area contributed by atoms with E-state index in [0.717, 1.165) is 17.1 Å². The Hall–Kier alpha value is -7.48. The normalized spacial score (nSPS) is 14.3. The van der Waals surface area contributed by atoms with E-state index < -0.39 is 0 Å². The Kier molecular flexibility index (Phi) is 8.34. The highest BCUT2D eigenvalue weighted by atomic mass is 15.1. The van der Waals surface area contributed by atoms with Crippen LogP contribution in [0, 0.1) is 0 Å². The van der Waals surface area contributed by atoms with Gasteiger partial charge in [0.1, 0.15) is 0 Å². The zero-order chi connectivity index (χ0) is 39.3. The van der Waals surface area contributed by atoms with E-state index in [1.807, 2.05) is 0 Å². The molecule has 1 unspecified atom stereocenters. The molecule has 1 aliphatic carbocycles. The van der Waals surface area contributed by atoms with E-state index in [0.29, 0.717) is 0 Å². The molecule has 1 heteroatoms. The lowest BCUT2D eigenvalue weighted by molar-refractivity contribution is 0.714. The van der Waals surface area contributed by atoms with Crippen molar-refractivity contribution in [3.05, 3.63) is 247 Å². The van der Waals surface area contributed by atoms with Gasteiger partial charge in [-0.2, -0.15) is 0 Å². The summed E-state index contributed by atoms with van der Waals surface area (Å²) in [7, 11) is 0. The maximum absolute atomic E-state index is 2.49. The third-order valence-corrected chi connectivity index (χ3v) is 12.6. The molecule has 0 fully saturated rings. The number of rotatable bonds is 7.